The lowest BCUT2D eigenvalue weighted by Crippen LogP contribution is -2.53. The maximum absolute atomic E-state index is 14.3. The Morgan fingerprint density at radius 2 is 1.40 bits per heavy atom. The number of nitrogens with zero attached hydrogens (tertiary/aromatic N) is 2. The highest BCUT2D eigenvalue weighted by Crippen LogP contribution is 2.26. The van der Waals surface area contributed by atoms with Crippen LogP contribution in [0.3, 0.4) is 0 Å². The molecule has 0 spiro atoms. The Balaban J connectivity index is 1.78. The van der Waals surface area contributed by atoms with E-state index in [0.29, 0.717) is 16.3 Å². The second-order valence-corrected chi connectivity index (χ2v) is 12.4. The number of carbonyl (C=O) groups is 2. The monoisotopic (exact) mass is 603 g/mol. The fraction of sp³-hybridized carbons (Fsp3) is 0.212. The number of hydrogen-bond acceptors (Lipinski definition) is 4. The van der Waals surface area contributed by atoms with E-state index in [2.05, 4.69) is 5.32 Å². The molecule has 0 heterocycles. The standard InChI is InChI=1S/C33H34ClN3O4S/c1-24-12-16-29(17-13-24)37(42(40,41)30-18-14-25(2)15-19-30)23-32(38)36(22-27-10-7-11-28(34)20-27)31(33(39)35-3)21-26-8-5-4-6-9-26/h4-20,31H,21-23H2,1-3H3,(H,35,39)/t31-/m0/s1. The molecule has 0 aliphatic carbocycles. The lowest BCUT2D eigenvalue weighted by molar-refractivity contribution is -0.139. The van der Waals surface area contributed by atoms with Gasteiger partial charge in [-0.15, -0.1) is 0 Å². The lowest BCUT2D eigenvalue weighted by Gasteiger charge is -2.33. The molecule has 0 aliphatic rings. The number of benzene rings is 4. The fourth-order valence-electron chi connectivity index (χ4n) is 4.63. The van der Waals surface area contributed by atoms with E-state index in [1.165, 1.54) is 24.1 Å². The Morgan fingerprint density at radius 3 is 2.00 bits per heavy atom. The van der Waals surface area contributed by atoms with Crippen molar-refractivity contribution in [2.75, 3.05) is 17.9 Å². The van der Waals surface area contributed by atoms with Gasteiger partial charge in [-0.1, -0.05) is 89.5 Å². The molecule has 0 unspecified atom stereocenters. The van der Waals surface area contributed by atoms with Gasteiger partial charge in [0.25, 0.3) is 10.0 Å². The van der Waals surface area contributed by atoms with Gasteiger partial charge in [0, 0.05) is 25.0 Å². The van der Waals surface area contributed by atoms with Crippen LogP contribution in [0.4, 0.5) is 5.69 Å². The molecule has 42 heavy (non-hydrogen) atoms. The third-order valence-electron chi connectivity index (χ3n) is 6.97. The average molecular weight is 604 g/mol. The van der Waals surface area contributed by atoms with E-state index in [4.69, 9.17) is 11.6 Å². The molecule has 4 rings (SSSR count). The summed E-state index contributed by atoms with van der Waals surface area (Å²) in [5, 5.41) is 3.17. The van der Waals surface area contributed by atoms with E-state index < -0.39 is 28.5 Å². The number of halogens is 1. The van der Waals surface area contributed by atoms with Crippen molar-refractivity contribution >= 4 is 39.1 Å². The number of sulfonamides is 1. The van der Waals surface area contributed by atoms with Gasteiger partial charge < -0.3 is 10.2 Å². The van der Waals surface area contributed by atoms with Crippen molar-refractivity contribution in [3.63, 3.8) is 0 Å². The first-order valence-corrected chi connectivity index (χ1v) is 15.4. The molecule has 0 fully saturated rings. The molecule has 4 aromatic rings. The molecule has 0 bridgehead atoms. The van der Waals surface area contributed by atoms with Crippen molar-refractivity contribution in [1.82, 2.24) is 10.2 Å². The molecule has 4 aromatic carbocycles. The van der Waals surface area contributed by atoms with Crippen molar-refractivity contribution < 1.29 is 18.0 Å². The molecule has 7 nitrogen and oxygen atoms in total. The van der Waals surface area contributed by atoms with Gasteiger partial charge in [-0.25, -0.2) is 8.42 Å². The highest BCUT2D eigenvalue weighted by molar-refractivity contribution is 7.92. The number of likely N-dealkylation sites (N-methyl/N-ethyl adjacent to an activating group) is 1. The van der Waals surface area contributed by atoms with Gasteiger partial charge in [-0.05, 0) is 61.4 Å². The minimum absolute atomic E-state index is 0.0522. The zero-order valence-corrected chi connectivity index (χ0v) is 25.4. The Hall–Kier alpha value is -4.14. The fourth-order valence-corrected chi connectivity index (χ4v) is 6.26. The molecule has 9 heteroatoms. The van der Waals surface area contributed by atoms with E-state index in [1.807, 2.05) is 50.2 Å². The Bertz CT molecular complexity index is 1630. The average Bonchev–Trinajstić information content (AvgIpc) is 2.98. The summed E-state index contributed by atoms with van der Waals surface area (Å²) < 4.78 is 29.1. The molecule has 218 valence electrons. The molecule has 2 amide bonds. The van der Waals surface area contributed by atoms with Crippen LogP contribution >= 0.6 is 11.6 Å². The second-order valence-electron chi connectivity index (χ2n) is 10.1. The third-order valence-corrected chi connectivity index (χ3v) is 8.99. The Labute approximate surface area is 252 Å². The van der Waals surface area contributed by atoms with Crippen molar-refractivity contribution in [1.29, 1.82) is 0 Å². The van der Waals surface area contributed by atoms with Gasteiger partial charge in [0.1, 0.15) is 12.6 Å². The van der Waals surface area contributed by atoms with Crippen LogP contribution in [-0.2, 0) is 32.6 Å². The summed E-state index contributed by atoms with van der Waals surface area (Å²) in [5.74, 6) is -0.895. The number of carbonyl (C=O) groups excluding carboxylic acids is 2. The van der Waals surface area contributed by atoms with Gasteiger partial charge in [-0.3, -0.25) is 13.9 Å². The quantitative estimate of drug-likeness (QED) is 0.244. The van der Waals surface area contributed by atoms with Crippen LogP contribution in [0, 0.1) is 13.8 Å². The SMILES string of the molecule is CNC(=O)[C@H](Cc1ccccc1)N(Cc1cccc(Cl)c1)C(=O)CN(c1ccc(C)cc1)S(=O)(=O)c1ccc(C)cc1. The number of hydrogen-bond donors (Lipinski definition) is 1. The predicted molar refractivity (Wildman–Crippen MR) is 167 cm³/mol. The van der Waals surface area contributed by atoms with E-state index >= 15 is 0 Å². The van der Waals surface area contributed by atoms with Crippen LogP contribution in [0.5, 0.6) is 0 Å². The number of aryl methyl sites for hydroxylation is 2. The van der Waals surface area contributed by atoms with Crippen molar-refractivity contribution in [2.45, 2.75) is 37.8 Å². The zero-order chi connectivity index (χ0) is 30.3. The summed E-state index contributed by atoms with van der Waals surface area (Å²) in [6.07, 6.45) is 0.238. The minimum atomic E-state index is -4.14. The molecule has 0 aliphatic heterocycles. The van der Waals surface area contributed by atoms with Crippen molar-refractivity contribution in [3.8, 4) is 0 Å². The number of anilines is 1. The first kappa shape index (κ1) is 30.8. The third kappa shape index (κ3) is 7.57. The summed E-state index contributed by atoms with van der Waals surface area (Å²) >= 11 is 6.25. The van der Waals surface area contributed by atoms with Gasteiger partial charge in [0.05, 0.1) is 10.6 Å². The molecular weight excluding hydrogens is 570 g/mol. The zero-order valence-electron chi connectivity index (χ0n) is 23.8. The number of nitrogens with one attached hydrogen (secondary N) is 1. The van der Waals surface area contributed by atoms with Crippen LogP contribution < -0.4 is 9.62 Å². The van der Waals surface area contributed by atoms with Crippen LogP contribution in [0.25, 0.3) is 0 Å². The maximum atomic E-state index is 14.3. The first-order chi connectivity index (χ1) is 20.1. The molecule has 0 saturated carbocycles. The summed E-state index contributed by atoms with van der Waals surface area (Å²) in [6.45, 7) is 3.31. The highest BCUT2D eigenvalue weighted by Gasteiger charge is 2.34. The van der Waals surface area contributed by atoms with E-state index in [1.54, 1.807) is 54.6 Å². The van der Waals surface area contributed by atoms with Crippen LogP contribution in [0.2, 0.25) is 5.02 Å². The highest BCUT2D eigenvalue weighted by atomic mass is 35.5. The van der Waals surface area contributed by atoms with Gasteiger partial charge >= 0.3 is 0 Å². The number of rotatable bonds is 11. The van der Waals surface area contributed by atoms with Crippen LogP contribution in [-0.4, -0.2) is 44.8 Å². The summed E-state index contributed by atoms with van der Waals surface area (Å²) in [6, 6.07) is 29.0. The topological polar surface area (TPSA) is 86.8 Å². The molecule has 1 atom stereocenters. The van der Waals surface area contributed by atoms with Crippen LogP contribution in [0.1, 0.15) is 22.3 Å². The van der Waals surface area contributed by atoms with Gasteiger partial charge in [0.2, 0.25) is 11.8 Å². The molecule has 0 radical (unpaired) electrons. The first-order valence-electron chi connectivity index (χ1n) is 13.5. The predicted octanol–water partition coefficient (Wildman–Crippen LogP) is 5.54. The summed E-state index contributed by atoms with van der Waals surface area (Å²) in [7, 11) is -2.62. The van der Waals surface area contributed by atoms with Crippen LogP contribution in [0.15, 0.2) is 108 Å². The van der Waals surface area contributed by atoms with Crippen molar-refractivity contribution in [3.05, 3.63) is 130 Å². The Kier molecular flexibility index (Phi) is 10.0. The normalized spacial score (nSPS) is 11.9. The summed E-state index contributed by atoms with van der Waals surface area (Å²) in [5.41, 5.74) is 3.77. The molecule has 0 aromatic heterocycles. The van der Waals surface area contributed by atoms with E-state index in [9.17, 15) is 18.0 Å². The lowest BCUT2D eigenvalue weighted by atomic mass is 10.0. The summed E-state index contributed by atoms with van der Waals surface area (Å²) in [4.78, 5) is 29.1. The minimum Gasteiger partial charge on any atom is -0.357 e. The van der Waals surface area contributed by atoms with E-state index in [0.717, 1.165) is 21.0 Å². The van der Waals surface area contributed by atoms with E-state index in [-0.39, 0.29) is 23.8 Å². The largest absolute Gasteiger partial charge is 0.357 e. The Morgan fingerprint density at radius 1 is 0.810 bits per heavy atom. The van der Waals surface area contributed by atoms with Gasteiger partial charge in [-0.2, -0.15) is 0 Å². The number of amides is 2. The second kappa shape index (κ2) is 13.7. The maximum Gasteiger partial charge on any atom is 0.264 e. The molecular formula is C33H34ClN3O4S. The smallest absolute Gasteiger partial charge is 0.264 e. The molecule has 0 saturated heterocycles. The van der Waals surface area contributed by atoms with Gasteiger partial charge in [0.15, 0.2) is 0 Å². The van der Waals surface area contributed by atoms with Crippen molar-refractivity contribution in [2.24, 2.45) is 0 Å². The molecule has 1 N–H and O–H groups in total.